The average molecular weight is 352 g/mol. The summed E-state index contributed by atoms with van der Waals surface area (Å²) in [6, 6.07) is 8.47. The van der Waals surface area contributed by atoms with Crippen molar-refractivity contribution >= 4 is 21.8 Å². The highest BCUT2D eigenvalue weighted by molar-refractivity contribution is 9.10. The molecule has 1 saturated heterocycles. The molecular weight excluding hydrogens is 330 g/mol. The molecule has 1 aliphatic carbocycles. The van der Waals surface area contributed by atoms with Gasteiger partial charge in [-0.3, -0.25) is 9.69 Å². The minimum Gasteiger partial charge on any atom is -0.338 e. The Labute approximate surface area is 134 Å². The third-order valence-electron chi connectivity index (χ3n) is 4.55. The highest BCUT2D eigenvalue weighted by Gasteiger charge is 2.38. The Morgan fingerprint density at radius 2 is 1.76 bits per heavy atom. The zero-order chi connectivity index (χ0) is 15.0. The van der Waals surface area contributed by atoms with E-state index in [9.17, 15) is 4.79 Å². The van der Waals surface area contributed by atoms with Crippen molar-refractivity contribution < 1.29 is 4.79 Å². The minimum atomic E-state index is -0.956. The van der Waals surface area contributed by atoms with Crippen LogP contribution in [-0.4, -0.2) is 47.9 Å². The second kappa shape index (κ2) is 5.71. The van der Waals surface area contributed by atoms with Crippen LogP contribution in [0.15, 0.2) is 28.7 Å². The van der Waals surface area contributed by atoms with E-state index in [0.717, 1.165) is 42.3 Å². The Morgan fingerprint density at radius 1 is 1.19 bits per heavy atom. The fourth-order valence-corrected chi connectivity index (χ4v) is 3.24. The van der Waals surface area contributed by atoms with Gasteiger partial charge in [0, 0.05) is 36.7 Å². The fourth-order valence-electron chi connectivity index (χ4n) is 2.98. The molecule has 2 fully saturated rings. The number of amides is 1. The summed E-state index contributed by atoms with van der Waals surface area (Å²) in [6.45, 7) is 5.35. The number of nitrogens with two attached hydrogens (primary N) is 1. The molecule has 21 heavy (non-hydrogen) atoms. The molecule has 1 aliphatic heterocycles. The van der Waals surface area contributed by atoms with E-state index in [0.29, 0.717) is 0 Å². The summed E-state index contributed by atoms with van der Waals surface area (Å²) < 4.78 is 0.993. The quantitative estimate of drug-likeness (QED) is 0.905. The highest BCUT2D eigenvalue weighted by atomic mass is 79.9. The molecule has 1 amide bonds. The first-order valence-electron chi connectivity index (χ1n) is 7.57. The maximum absolute atomic E-state index is 12.8. The maximum atomic E-state index is 12.8. The van der Waals surface area contributed by atoms with Crippen molar-refractivity contribution in [1.82, 2.24) is 9.80 Å². The summed E-state index contributed by atoms with van der Waals surface area (Å²) in [5.41, 5.74) is 6.25. The van der Waals surface area contributed by atoms with Crippen molar-refractivity contribution in [2.24, 2.45) is 5.73 Å². The van der Waals surface area contributed by atoms with Gasteiger partial charge < -0.3 is 10.6 Å². The summed E-state index contributed by atoms with van der Waals surface area (Å²) in [5, 5.41) is 0. The molecule has 1 atom stereocenters. The summed E-state index contributed by atoms with van der Waals surface area (Å²) in [6.07, 6.45) is 2.64. The molecule has 0 bridgehead atoms. The van der Waals surface area contributed by atoms with Crippen LogP contribution in [0.5, 0.6) is 0 Å². The van der Waals surface area contributed by atoms with Crippen LogP contribution in [-0.2, 0) is 10.3 Å². The van der Waals surface area contributed by atoms with Gasteiger partial charge in [0.25, 0.3) is 0 Å². The van der Waals surface area contributed by atoms with E-state index in [1.165, 1.54) is 12.8 Å². The summed E-state index contributed by atoms with van der Waals surface area (Å²) in [7, 11) is 0. The summed E-state index contributed by atoms with van der Waals surface area (Å²) >= 11 is 3.41. The Bertz CT molecular complexity index is 517. The molecule has 1 unspecified atom stereocenters. The average Bonchev–Trinajstić information content (AvgIpc) is 3.32. The van der Waals surface area contributed by atoms with E-state index in [1.54, 1.807) is 0 Å². The number of carbonyl (C=O) groups is 1. The molecule has 1 heterocycles. The fraction of sp³-hybridized carbons (Fsp3) is 0.562. The lowest BCUT2D eigenvalue weighted by Gasteiger charge is -2.38. The van der Waals surface area contributed by atoms with Crippen LogP contribution < -0.4 is 5.73 Å². The van der Waals surface area contributed by atoms with Gasteiger partial charge >= 0.3 is 0 Å². The van der Waals surface area contributed by atoms with Gasteiger partial charge in [0.15, 0.2) is 0 Å². The summed E-state index contributed by atoms with van der Waals surface area (Å²) in [4.78, 5) is 17.2. The Hall–Kier alpha value is -0.910. The molecule has 0 spiro atoms. The molecule has 1 saturated carbocycles. The van der Waals surface area contributed by atoms with Gasteiger partial charge in [0.1, 0.15) is 5.54 Å². The molecule has 5 heteroatoms. The van der Waals surface area contributed by atoms with E-state index in [4.69, 9.17) is 5.73 Å². The molecule has 0 radical (unpaired) electrons. The Morgan fingerprint density at radius 3 is 2.29 bits per heavy atom. The molecule has 1 aromatic rings. The molecule has 4 nitrogen and oxygen atoms in total. The van der Waals surface area contributed by atoms with Gasteiger partial charge in [-0.1, -0.05) is 28.1 Å². The molecule has 1 aromatic carbocycles. The van der Waals surface area contributed by atoms with Gasteiger partial charge in [-0.05, 0) is 37.5 Å². The van der Waals surface area contributed by atoms with E-state index < -0.39 is 5.54 Å². The first-order chi connectivity index (χ1) is 9.98. The number of piperazine rings is 1. The SMILES string of the molecule is CC(N)(C(=O)N1CCN(C2CC2)CC1)c1ccc(Br)cc1. The highest BCUT2D eigenvalue weighted by Crippen LogP contribution is 2.28. The molecule has 114 valence electrons. The smallest absolute Gasteiger partial charge is 0.247 e. The van der Waals surface area contributed by atoms with Crippen molar-refractivity contribution in [3.63, 3.8) is 0 Å². The molecule has 0 aromatic heterocycles. The lowest BCUT2D eigenvalue weighted by atomic mass is 9.91. The second-order valence-electron chi connectivity index (χ2n) is 6.27. The number of halogens is 1. The zero-order valence-electron chi connectivity index (χ0n) is 12.4. The third kappa shape index (κ3) is 3.15. The van der Waals surface area contributed by atoms with E-state index in [1.807, 2.05) is 36.1 Å². The summed E-state index contributed by atoms with van der Waals surface area (Å²) in [5.74, 6) is 0.0280. The molecule has 2 aliphatic rings. The zero-order valence-corrected chi connectivity index (χ0v) is 14.0. The van der Waals surface area contributed by atoms with Gasteiger partial charge in [-0.25, -0.2) is 0 Å². The third-order valence-corrected chi connectivity index (χ3v) is 5.08. The van der Waals surface area contributed by atoms with Gasteiger partial charge in [-0.2, -0.15) is 0 Å². The maximum Gasteiger partial charge on any atom is 0.247 e. The predicted octanol–water partition coefficient (Wildman–Crippen LogP) is 1.93. The number of nitrogens with zero attached hydrogens (tertiary/aromatic N) is 2. The van der Waals surface area contributed by atoms with Gasteiger partial charge in [-0.15, -0.1) is 0 Å². The van der Waals surface area contributed by atoms with Crippen LogP contribution in [0.1, 0.15) is 25.3 Å². The van der Waals surface area contributed by atoms with E-state index in [-0.39, 0.29) is 5.91 Å². The predicted molar refractivity (Wildman–Crippen MR) is 86.9 cm³/mol. The topological polar surface area (TPSA) is 49.6 Å². The van der Waals surface area contributed by atoms with Crippen molar-refractivity contribution in [3.8, 4) is 0 Å². The number of rotatable bonds is 3. The van der Waals surface area contributed by atoms with Crippen LogP contribution in [0.3, 0.4) is 0 Å². The van der Waals surface area contributed by atoms with Crippen molar-refractivity contribution in [2.75, 3.05) is 26.2 Å². The Balaban J connectivity index is 1.67. The number of benzene rings is 1. The lowest BCUT2D eigenvalue weighted by molar-refractivity contribution is -0.138. The minimum absolute atomic E-state index is 0.0280. The largest absolute Gasteiger partial charge is 0.338 e. The van der Waals surface area contributed by atoms with Crippen molar-refractivity contribution in [1.29, 1.82) is 0 Å². The standard InChI is InChI=1S/C16H22BrN3O/c1-16(18,12-2-4-13(17)5-3-12)15(21)20-10-8-19(9-11-20)14-6-7-14/h2-5,14H,6-11,18H2,1H3. The van der Waals surface area contributed by atoms with Crippen LogP contribution in [0, 0.1) is 0 Å². The molecule has 3 rings (SSSR count). The molecule has 2 N–H and O–H groups in total. The second-order valence-corrected chi connectivity index (χ2v) is 7.18. The van der Waals surface area contributed by atoms with E-state index >= 15 is 0 Å². The van der Waals surface area contributed by atoms with Crippen molar-refractivity contribution in [3.05, 3.63) is 34.3 Å². The number of carbonyl (C=O) groups excluding carboxylic acids is 1. The van der Waals surface area contributed by atoms with Crippen LogP contribution in [0.25, 0.3) is 0 Å². The van der Waals surface area contributed by atoms with Crippen LogP contribution >= 0.6 is 15.9 Å². The van der Waals surface area contributed by atoms with Crippen molar-refractivity contribution in [2.45, 2.75) is 31.3 Å². The Kier molecular flexibility index (Phi) is 4.08. The van der Waals surface area contributed by atoms with Gasteiger partial charge in [0.05, 0.1) is 0 Å². The van der Waals surface area contributed by atoms with Crippen LogP contribution in [0.2, 0.25) is 0 Å². The molecular formula is C16H22BrN3O. The van der Waals surface area contributed by atoms with E-state index in [2.05, 4.69) is 20.8 Å². The monoisotopic (exact) mass is 351 g/mol. The van der Waals surface area contributed by atoms with Crippen LogP contribution in [0.4, 0.5) is 0 Å². The number of hydrogen-bond donors (Lipinski definition) is 1. The first-order valence-corrected chi connectivity index (χ1v) is 8.36. The normalized spacial score (nSPS) is 22.9. The first kappa shape index (κ1) is 15.0. The lowest BCUT2D eigenvalue weighted by Crippen LogP contribution is -2.57. The van der Waals surface area contributed by atoms with Gasteiger partial charge in [0.2, 0.25) is 5.91 Å². The number of hydrogen-bond acceptors (Lipinski definition) is 3.